The number of hydrogen-bond donors (Lipinski definition) is 2. The molecule has 1 saturated carbocycles. The summed E-state index contributed by atoms with van der Waals surface area (Å²) in [4.78, 5) is 39.5. The van der Waals surface area contributed by atoms with E-state index in [1.54, 1.807) is 9.80 Å². The SMILES string of the molecule is Cc1cc(C)cc(OCC(=O)N2CCN(C(=O)C3(NC(N)=O)CC3)CC2)c1. The zero-order valence-electron chi connectivity index (χ0n) is 15.8. The molecular formula is C19H26N4O4. The minimum absolute atomic E-state index is 0.0238. The van der Waals surface area contributed by atoms with Gasteiger partial charge in [0.15, 0.2) is 6.61 Å². The van der Waals surface area contributed by atoms with E-state index >= 15 is 0 Å². The fourth-order valence-corrected chi connectivity index (χ4v) is 3.47. The van der Waals surface area contributed by atoms with E-state index in [-0.39, 0.29) is 18.4 Å². The molecule has 0 bridgehead atoms. The number of urea groups is 1. The lowest BCUT2D eigenvalue weighted by molar-refractivity contribution is -0.142. The van der Waals surface area contributed by atoms with E-state index in [0.29, 0.717) is 44.8 Å². The number of nitrogens with zero attached hydrogens (tertiary/aromatic N) is 2. The molecule has 1 aliphatic carbocycles. The molecule has 2 aliphatic rings. The van der Waals surface area contributed by atoms with Crippen LogP contribution in [0.4, 0.5) is 4.79 Å². The Morgan fingerprint density at radius 3 is 2.11 bits per heavy atom. The Hall–Kier alpha value is -2.77. The third-order valence-corrected chi connectivity index (χ3v) is 5.00. The summed E-state index contributed by atoms with van der Waals surface area (Å²) >= 11 is 0. The third-order valence-electron chi connectivity index (χ3n) is 5.00. The lowest BCUT2D eigenvalue weighted by atomic mass is 10.1. The van der Waals surface area contributed by atoms with Crippen LogP contribution in [0.15, 0.2) is 18.2 Å². The molecule has 0 radical (unpaired) electrons. The van der Waals surface area contributed by atoms with Crippen LogP contribution in [-0.4, -0.2) is 66.0 Å². The average Bonchev–Trinajstić information content (AvgIpc) is 3.38. The highest BCUT2D eigenvalue weighted by Crippen LogP contribution is 2.37. The Balaban J connectivity index is 1.48. The first-order valence-electron chi connectivity index (χ1n) is 9.15. The van der Waals surface area contributed by atoms with Gasteiger partial charge in [-0.2, -0.15) is 0 Å². The molecule has 1 aromatic rings. The van der Waals surface area contributed by atoms with Gasteiger partial charge in [0.2, 0.25) is 5.91 Å². The Labute approximate surface area is 158 Å². The molecular weight excluding hydrogens is 348 g/mol. The van der Waals surface area contributed by atoms with Crippen LogP contribution in [-0.2, 0) is 9.59 Å². The maximum absolute atomic E-state index is 12.6. The second-order valence-corrected chi connectivity index (χ2v) is 7.36. The third kappa shape index (κ3) is 4.50. The van der Waals surface area contributed by atoms with Crippen LogP contribution in [0.5, 0.6) is 5.75 Å². The summed E-state index contributed by atoms with van der Waals surface area (Å²) in [5.74, 6) is 0.473. The van der Waals surface area contributed by atoms with Crippen molar-refractivity contribution in [2.75, 3.05) is 32.8 Å². The molecule has 0 atom stereocenters. The lowest BCUT2D eigenvalue weighted by Gasteiger charge is -2.36. The van der Waals surface area contributed by atoms with Crippen molar-refractivity contribution in [1.82, 2.24) is 15.1 Å². The smallest absolute Gasteiger partial charge is 0.313 e. The van der Waals surface area contributed by atoms with Gasteiger partial charge in [0.1, 0.15) is 11.3 Å². The second kappa shape index (κ2) is 7.46. The zero-order chi connectivity index (χ0) is 19.6. The Bertz CT molecular complexity index is 732. The van der Waals surface area contributed by atoms with Crippen LogP contribution in [0, 0.1) is 13.8 Å². The Kier molecular flexibility index (Phi) is 5.25. The number of aryl methyl sites for hydroxylation is 2. The van der Waals surface area contributed by atoms with Crippen molar-refractivity contribution in [2.45, 2.75) is 32.2 Å². The molecule has 1 aromatic carbocycles. The summed E-state index contributed by atoms with van der Waals surface area (Å²) in [6, 6.07) is 5.17. The summed E-state index contributed by atoms with van der Waals surface area (Å²) in [6.07, 6.45) is 1.22. The van der Waals surface area contributed by atoms with Gasteiger partial charge in [0.05, 0.1) is 0 Å². The van der Waals surface area contributed by atoms with Crippen LogP contribution in [0.1, 0.15) is 24.0 Å². The number of rotatable bonds is 5. The first-order chi connectivity index (χ1) is 12.8. The molecule has 4 amide bonds. The van der Waals surface area contributed by atoms with E-state index in [1.807, 2.05) is 32.0 Å². The van der Waals surface area contributed by atoms with Crippen LogP contribution in [0.25, 0.3) is 0 Å². The molecule has 0 aromatic heterocycles. The van der Waals surface area contributed by atoms with Crippen molar-refractivity contribution in [3.63, 3.8) is 0 Å². The van der Waals surface area contributed by atoms with Crippen molar-refractivity contribution in [1.29, 1.82) is 0 Å². The van der Waals surface area contributed by atoms with Crippen LogP contribution >= 0.6 is 0 Å². The van der Waals surface area contributed by atoms with E-state index in [2.05, 4.69) is 5.32 Å². The molecule has 8 heteroatoms. The standard InChI is InChI=1S/C19H26N4O4/c1-13-9-14(2)11-15(10-13)27-12-16(24)22-5-7-23(8-6-22)17(25)19(3-4-19)21-18(20)26/h9-11H,3-8,12H2,1-2H3,(H3,20,21,26). The van der Waals surface area contributed by atoms with Gasteiger partial charge >= 0.3 is 6.03 Å². The summed E-state index contributed by atoms with van der Waals surface area (Å²) in [6.45, 7) is 5.73. The maximum atomic E-state index is 12.6. The van der Waals surface area contributed by atoms with Crippen molar-refractivity contribution in [2.24, 2.45) is 5.73 Å². The number of benzene rings is 1. The first-order valence-corrected chi connectivity index (χ1v) is 9.15. The topological polar surface area (TPSA) is 105 Å². The van der Waals surface area contributed by atoms with Gasteiger partial charge in [-0.15, -0.1) is 0 Å². The summed E-state index contributed by atoms with van der Waals surface area (Å²) in [5.41, 5.74) is 6.50. The largest absolute Gasteiger partial charge is 0.484 e. The number of carbonyl (C=O) groups excluding carboxylic acids is 3. The highest BCUT2D eigenvalue weighted by atomic mass is 16.5. The minimum Gasteiger partial charge on any atom is -0.484 e. The highest BCUT2D eigenvalue weighted by Gasteiger charge is 2.53. The molecule has 3 N–H and O–H groups in total. The quantitative estimate of drug-likeness (QED) is 0.785. The molecule has 1 saturated heterocycles. The van der Waals surface area contributed by atoms with Crippen molar-refractivity contribution in [3.05, 3.63) is 29.3 Å². The normalized spacial score (nSPS) is 18.0. The van der Waals surface area contributed by atoms with E-state index < -0.39 is 11.6 Å². The fraction of sp³-hybridized carbons (Fsp3) is 0.526. The van der Waals surface area contributed by atoms with Crippen molar-refractivity contribution in [3.8, 4) is 5.75 Å². The van der Waals surface area contributed by atoms with Crippen molar-refractivity contribution < 1.29 is 19.1 Å². The minimum atomic E-state index is -0.829. The summed E-state index contributed by atoms with van der Waals surface area (Å²) in [7, 11) is 0. The average molecular weight is 374 g/mol. The number of nitrogens with one attached hydrogen (secondary N) is 1. The van der Waals surface area contributed by atoms with E-state index in [9.17, 15) is 14.4 Å². The first kappa shape index (κ1) is 19.0. The number of piperazine rings is 1. The predicted octanol–water partition coefficient (Wildman–Crippen LogP) is 0.554. The maximum Gasteiger partial charge on any atom is 0.313 e. The van der Waals surface area contributed by atoms with Crippen molar-refractivity contribution >= 4 is 17.8 Å². The second-order valence-electron chi connectivity index (χ2n) is 7.36. The van der Waals surface area contributed by atoms with Gasteiger partial charge in [-0.1, -0.05) is 6.07 Å². The van der Waals surface area contributed by atoms with Gasteiger partial charge in [-0.05, 0) is 49.9 Å². The van der Waals surface area contributed by atoms with Gasteiger partial charge in [-0.25, -0.2) is 4.79 Å². The molecule has 3 rings (SSSR count). The fourth-order valence-electron chi connectivity index (χ4n) is 3.47. The Morgan fingerprint density at radius 2 is 1.59 bits per heavy atom. The molecule has 8 nitrogen and oxygen atoms in total. The van der Waals surface area contributed by atoms with Gasteiger partial charge in [0, 0.05) is 26.2 Å². The number of amides is 4. The molecule has 0 spiro atoms. The number of primary amides is 1. The van der Waals surface area contributed by atoms with Crippen LogP contribution < -0.4 is 15.8 Å². The summed E-state index contributed by atoms with van der Waals surface area (Å²) in [5, 5.41) is 2.56. The monoisotopic (exact) mass is 374 g/mol. The number of hydrogen-bond acceptors (Lipinski definition) is 4. The molecule has 0 unspecified atom stereocenters. The van der Waals surface area contributed by atoms with Crippen LogP contribution in [0.2, 0.25) is 0 Å². The number of ether oxygens (including phenoxy) is 1. The van der Waals surface area contributed by atoms with E-state index in [0.717, 1.165) is 11.1 Å². The van der Waals surface area contributed by atoms with Gasteiger partial charge in [0.25, 0.3) is 5.91 Å². The molecule has 146 valence electrons. The molecule has 1 aliphatic heterocycles. The summed E-state index contributed by atoms with van der Waals surface area (Å²) < 4.78 is 5.63. The van der Waals surface area contributed by atoms with Gasteiger partial charge in [-0.3, -0.25) is 9.59 Å². The molecule has 2 fully saturated rings. The lowest BCUT2D eigenvalue weighted by Crippen LogP contribution is -2.58. The van der Waals surface area contributed by atoms with E-state index in [1.165, 1.54) is 0 Å². The zero-order valence-corrected chi connectivity index (χ0v) is 15.8. The molecule has 27 heavy (non-hydrogen) atoms. The highest BCUT2D eigenvalue weighted by molar-refractivity contribution is 5.93. The number of nitrogens with two attached hydrogens (primary N) is 1. The molecule has 1 heterocycles. The Morgan fingerprint density at radius 1 is 1.04 bits per heavy atom. The predicted molar refractivity (Wildman–Crippen MR) is 99.3 cm³/mol. The van der Waals surface area contributed by atoms with E-state index in [4.69, 9.17) is 10.5 Å². The van der Waals surface area contributed by atoms with Gasteiger partial charge < -0.3 is 25.6 Å². The number of carbonyl (C=O) groups is 3. The van der Waals surface area contributed by atoms with Crippen LogP contribution in [0.3, 0.4) is 0 Å².